The summed E-state index contributed by atoms with van der Waals surface area (Å²) in [5.41, 5.74) is 4.01. The first kappa shape index (κ1) is 18.0. The third-order valence-electron chi connectivity index (χ3n) is 4.49. The van der Waals surface area contributed by atoms with E-state index in [1.807, 2.05) is 13.0 Å². The number of nitrogens with one attached hydrogen (secondary N) is 1. The molecule has 28 heavy (non-hydrogen) atoms. The lowest BCUT2D eigenvalue weighted by atomic mass is 10.1. The van der Waals surface area contributed by atoms with Crippen LogP contribution in [0.4, 0.5) is 19.0 Å². The van der Waals surface area contributed by atoms with E-state index in [1.54, 1.807) is 23.6 Å². The summed E-state index contributed by atoms with van der Waals surface area (Å²) in [5.74, 6) is -1.41. The molecule has 4 nitrogen and oxygen atoms in total. The van der Waals surface area contributed by atoms with Gasteiger partial charge in [0, 0.05) is 23.9 Å². The van der Waals surface area contributed by atoms with E-state index in [-0.39, 0.29) is 5.82 Å². The monoisotopic (exact) mass is 382 g/mol. The summed E-state index contributed by atoms with van der Waals surface area (Å²) in [6, 6.07) is 11.8. The van der Waals surface area contributed by atoms with Crippen molar-refractivity contribution in [1.29, 1.82) is 0 Å². The van der Waals surface area contributed by atoms with Crippen LogP contribution in [0.3, 0.4) is 0 Å². The predicted molar refractivity (Wildman–Crippen MR) is 102 cm³/mol. The van der Waals surface area contributed by atoms with Crippen LogP contribution in [-0.4, -0.2) is 14.6 Å². The number of rotatable bonds is 4. The Morgan fingerprint density at radius 1 is 0.929 bits per heavy atom. The van der Waals surface area contributed by atoms with E-state index in [1.165, 1.54) is 18.2 Å². The molecule has 142 valence electrons. The van der Waals surface area contributed by atoms with Gasteiger partial charge in [0.2, 0.25) is 0 Å². The van der Waals surface area contributed by atoms with Crippen LogP contribution < -0.4 is 5.32 Å². The minimum absolute atomic E-state index is 0.287. The zero-order chi connectivity index (χ0) is 19.8. The first-order valence-corrected chi connectivity index (χ1v) is 8.73. The third kappa shape index (κ3) is 3.31. The second-order valence-corrected chi connectivity index (χ2v) is 6.59. The van der Waals surface area contributed by atoms with Gasteiger partial charge in [0.15, 0.2) is 17.3 Å². The second-order valence-electron chi connectivity index (χ2n) is 6.59. The Bertz CT molecular complexity index is 1170. The van der Waals surface area contributed by atoms with Gasteiger partial charge in [-0.2, -0.15) is 9.61 Å². The maximum Gasteiger partial charge on any atom is 0.165 e. The second kappa shape index (κ2) is 6.99. The van der Waals surface area contributed by atoms with Gasteiger partial charge in [-0.1, -0.05) is 18.2 Å². The fraction of sp³-hybridized carbons (Fsp3) is 0.143. The molecule has 0 fully saturated rings. The highest BCUT2D eigenvalue weighted by Crippen LogP contribution is 2.30. The molecule has 2 aromatic carbocycles. The molecule has 0 bridgehead atoms. The van der Waals surface area contributed by atoms with Crippen LogP contribution in [0.1, 0.15) is 17.0 Å². The molecule has 0 unspecified atom stereocenters. The molecule has 4 rings (SSSR count). The van der Waals surface area contributed by atoms with Crippen molar-refractivity contribution in [3.8, 4) is 11.1 Å². The molecule has 0 spiro atoms. The Morgan fingerprint density at radius 3 is 2.39 bits per heavy atom. The van der Waals surface area contributed by atoms with Gasteiger partial charge < -0.3 is 5.32 Å². The van der Waals surface area contributed by atoms with Crippen molar-refractivity contribution in [2.24, 2.45) is 0 Å². The van der Waals surface area contributed by atoms with Gasteiger partial charge in [0.25, 0.3) is 0 Å². The van der Waals surface area contributed by atoms with Gasteiger partial charge in [0.1, 0.15) is 11.6 Å². The first-order chi connectivity index (χ1) is 13.4. The summed E-state index contributed by atoms with van der Waals surface area (Å²) in [5, 5.41) is 7.81. The van der Waals surface area contributed by atoms with Crippen LogP contribution in [0.15, 0.2) is 48.5 Å². The van der Waals surface area contributed by atoms with Crippen LogP contribution in [0.5, 0.6) is 0 Å². The first-order valence-electron chi connectivity index (χ1n) is 8.73. The maximum atomic E-state index is 13.7. The molecule has 2 aromatic heterocycles. The highest BCUT2D eigenvalue weighted by Gasteiger charge is 2.17. The average Bonchev–Trinajstić information content (AvgIpc) is 2.99. The van der Waals surface area contributed by atoms with Crippen LogP contribution in [0.25, 0.3) is 16.8 Å². The molecule has 4 aromatic rings. The molecule has 0 saturated heterocycles. The quantitative estimate of drug-likeness (QED) is 0.538. The summed E-state index contributed by atoms with van der Waals surface area (Å²) >= 11 is 0. The predicted octanol–water partition coefficient (Wildman–Crippen LogP) is 5.04. The number of aromatic nitrogens is 3. The smallest absolute Gasteiger partial charge is 0.165 e. The number of hydrogen-bond acceptors (Lipinski definition) is 3. The Labute approximate surface area is 159 Å². The molecular formula is C21H17F3N4. The normalized spacial score (nSPS) is 11.2. The zero-order valence-corrected chi connectivity index (χ0v) is 15.3. The van der Waals surface area contributed by atoms with Crippen LogP contribution in [0.2, 0.25) is 0 Å². The SMILES string of the molecule is Cc1cc(NCc2ccc(F)cc2)n2nc(C)c(-c3ccc(F)c(F)c3)c2n1. The molecule has 1 N–H and O–H groups in total. The van der Waals surface area contributed by atoms with Crippen LogP contribution in [-0.2, 0) is 6.54 Å². The molecule has 0 amide bonds. The van der Waals surface area contributed by atoms with E-state index in [9.17, 15) is 13.2 Å². The van der Waals surface area contributed by atoms with Crippen molar-refractivity contribution in [1.82, 2.24) is 14.6 Å². The highest BCUT2D eigenvalue weighted by atomic mass is 19.2. The van der Waals surface area contributed by atoms with Gasteiger partial charge in [-0.3, -0.25) is 0 Å². The Kier molecular flexibility index (Phi) is 4.50. The van der Waals surface area contributed by atoms with Crippen molar-refractivity contribution >= 4 is 11.5 Å². The lowest BCUT2D eigenvalue weighted by Crippen LogP contribution is -2.07. The summed E-state index contributed by atoms with van der Waals surface area (Å²) in [7, 11) is 0. The van der Waals surface area contributed by atoms with Gasteiger partial charge in [-0.25, -0.2) is 18.2 Å². The van der Waals surface area contributed by atoms with Crippen molar-refractivity contribution in [2.75, 3.05) is 5.32 Å². The van der Waals surface area contributed by atoms with E-state index in [0.717, 1.165) is 23.4 Å². The topological polar surface area (TPSA) is 42.2 Å². The third-order valence-corrected chi connectivity index (χ3v) is 4.49. The summed E-state index contributed by atoms with van der Waals surface area (Å²) in [6.07, 6.45) is 0. The lowest BCUT2D eigenvalue weighted by molar-refractivity contribution is 0.509. The Balaban J connectivity index is 1.76. The molecule has 0 radical (unpaired) electrons. The average molecular weight is 382 g/mol. The number of fused-ring (bicyclic) bond motifs is 1. The number of anilines is 1. The van der Waals surface area contributed by atoms with Gasteiger partial charge >= 0.3 is 0 Å². The minimum atomic E-state index is -0.918. The molecule has 0 aliphatic rings. The number of benzene rings is 2. The zero-order valence-electron chi connectivity index (χ0n) is 15.3. The molecule has 2 heterocycles. The summed E-state index contributed by atoms with van der Waals surface area (Å²) < 4.78 is 41.8. The minimum Gasteiger partial charge on any atom is -0.366 e. The Hall–Kier alpha value is -3.35. The van der Waals surface area contributed by atoms with E-state index < -0.39 is 11.6 Å². The molecule has 0 atom stereocenters. The number of halogens is 3. The molecule has 7 heteroatoms. The molecule has 0 aliphatic carbocycles. The summed E-state index contributed by atoms with van der Waals surface area (Å²) in [6.45, 7) is 4.11. The van der Waals surface area contributed by atoms with Gasteiger partial charge in [-0.15, -0.1) is 0 Å². The van der Waals surface area contributed by atoms with Crippen molar-refractivity contribution < 1.29 is 13.2 Å². The van der Waals surface area contributed by atoms with E-state index in [4.69, 9.17) is 0 Å². The van der Waals surface area contributed by atoms with Crippen LogP contribution >= 0.6 is 0 Å². The van der Waals surface area contributed by atoms with Gasteiger partial charge in [-0.05, 0) is 49.2 Å². The van der Waals surface area contributed by atoms with E-state index >= 15 is 0 Å². The standard InChI is InChI=1S/C21H17F3N4/c1-12-9-19(25-11-14-3-6-16(22)7-4-14)28-21(26-12)20(13(2)27-28)15-5-8-17(23)18(24)10-15/h3-10,25H,11H2,1-2H3. The molecular weight excluding hydrogens is 365 g/mol. The van der Waals surface area contributed by atoms with Crippen molar-refractivity contribution in [3.05, 3.63) is 82.9 Å². The number of hydrogen-bond donors (Lipinski definition) is 1. The fourth-order valence-corrected chi connectivity index (χ4v) is 3.16. The van der Waals surface area contributed by atoms with Crippen molar-refractivity contribution in [2.45, 2.75) is 20.4 Å². The highest BCUT2D eigenvalue weighted by molar-refractivity contribution is 5.81. The van der Waals surface area contributed by atoms with Gasteiger partial charge in [0.05, 0.1) is 5.69 Å². The summed E-state index contributed by atoms with van der Waals surface area (Å²) in [4.78, 5) is 4.55. The number of aryl methyl sites for hydroxylation is 2. The van der Waals surface area contributed by atoms with Crippen LogP contribution in [0, 0.1) is 31.3 Å². The molecule has 0 saturated carbocycles. The molecule has 0 aliphatic heterocycles. The van der Waals surface area contributed by atoms with E-state index in [0.29, 0.717) is 34.8 Å². The fourth-order valence-electron chi connectivity index (χ4n) is 3.16. The Morgan fingerprint density at radius 2 is 1.68 bits per heavy atom. The number of nitrogens with zero attached hydrogens (tertiary/aromatic N) is 3. The van der Waals surface area contributed by atoms with Crippen molar-refractivity contribution in [3.63, 3.8) is 0 Å². The largest absolute Gasteiger partial charge is 0.366 e. The van der Waals surface area contributed by atoms with E-state index in [2.05, 4.69) is 15.4 Å². The maximum absolute atomic E-state index is 13.7. The lowest BCUT2D eigenvalue weighted by Gasteiger charge is -2.10.